The first kappa shape index (κ1) is 29.2. The first-order valence-corrected chi connectivity index (χ1v) is 15.3. The predicted octanol–water partition coefficient (Wildman–Crippen LogP) is 5.13. The first-order chi connectivity index (χ1) is 19.6. The number of pyridine rings is 2. The molecule has 1 aromatic carbocycles. The summed E-state index contributed by atoms with van der Waals surface area (Å²) < 4.78 is 27.4. The minimum Gasteiger partial charge on any atom is -0.497 e. The molecule has 0 saturated carbocycles. The number of aromatic nitrogens is 2. The molecule has 9 heteroatoms. The van der Waals surface area contributed by atoms with Crippen LogP contribution < -0.4 is 4.74 Å². The molecule has 2 aliphatic rings. The number of piperidine rings is 1. The van der Waals surface area contributed by atoms with Crippen molar-refractivity contribution in [3.63, 3.8) is 0 Å². The molecule has 0 amide bonds. The normalized spacial score (nSPS) is 19.1. The Morgan fingerprint density at radius 2 is 1.93 bits per heavy atom. The summed E-state index contributed by atoms with van der Waals surface area (Å²) in [4.78, 5) is 13.8. The molecule has 7 nitrogen and oxygen atoms in total. The van der Waals surface area contributed by atoms with Crippen molar-refractivity contribution in [2.45, 2.75) is 43.4 Å². The number of nitrogens with zero attached hydrogens (tertiary/aromatic N) is 4. The topological polar surface area (TPSA) is 71.0 Å². The van der Waals surface area contributed by atoms with Crippen LogP contribution in [0.15, 0.2) is 53.8 Å². The summed E-state index contributed by atoms with van der Waals surface area (Å²) in [5, 5.41) is 12.3. The third-order valence-corrected chi connectivity index (χ3v) is 9.41. The van der Waals surface area contributed by atoms with Crippen LogP contribution in [-0.4, -0.2) is 90.3 Å². The molecule has 0 spiro atoms. The molecule has 2 saturated heterocycles. The zero-order valence-corrected chi connectivity index (χ0v) is 24.3. The molecule has 0 bridgehead atoms. The van der Waals surface area contributed by atoms with Crippen molar-refractivity contribution in [1.82, 2.24) is 19.8 Å². The molecule has 3 aromatic rings. The quantitative estimate of drug-likeness (QED) is 0.302. The SMILES string of the molecule is COc1ccc2ncc(CN3CCOCC3)c(C(F)CCC3(CO)CCN(CCSc4ccccn4)CC3)c2c1. The Hall–Kier alpha value is -2.30. The average Bonchev–Trinajstić information content (AvgIpc) is 3.01. The fourth-order valence-corrected chi connectivity index (χ4v) is 6.75. The monoisotopic (exact) mass is 568 g/mol. The zero-order chi connectivity index (χ0) is 27.8. The van der Waals surface area contributed by atoms with Gasteiger partial charge in [-0.25, -0.2) is 9.37 Å². The Bertz CT molecular complexity index is 1220. The van der Waals surface area contributed by atoms with E-state index in [4.69, 9.17) is 9.47 Å². The van der Waals surface area contributed by atoms with E-state index in [9.17, 15) is 5.11 Å². The third-order valence-electron chi connectivity index (χ3n) is 8.49. The highest BCUT2D eigenvalue weighted by atomic mass is 32.2. The number of likely N-dealkylation sites (tertiary alicyclic amines) is 1. The minimum absolute atomic E-state index is 0.0990. The van der Waals surface area contributed by atoms with Gasteiger partial charge in [0.05, 0.1) is 30.9 Å². The van der Waals surface area contributed by atoms with Crippen LogP contribution in [0.3, 0.4) is 0 Å². The lowest BCUT2D eigenvalue weighted by Gasteiger charge is -2.41. The van der Waals surface area contributed by atoms with Crippen LogP contribution >= 0.6 is 11.8 Å². The van der Waals surface area contributed by atoms with E-state index in [-0.39, 0.29) is 12.0 Å². The molecule has 0 radical (unpaired) electrons. The number of hydrogen-bond donors (Lipinski definition) is 1. The van der Waals surface area contributed by atoms with Crippen LogP contribution in [-0.2, 0) is 11.3 Å². The van der Waals surface area contributed by atoms with Crippen LogP contribution in [0, 0.1) is 5.41 Å². The molecule has 4 heterocycles. The van der Waals surface area contributed by atoms with Crippen molar-refractivity contribution in [3.05, 3.63) is 59.9 Å². The number of fused-ring (bicyclic) bond motifs is 1. The van der Waals surface area contributed by atoms with Gasteiger partial charge in [0, 0.05) is 61.9 Å². The second-order valence-electron chi connectivity index (χ2n) is 11.0. The van der Waals surface area contributed by atoms with E-state index >= 15 is 4.39 Å². The maximum Gasteiger partial charge on any atom is 0.126 e. The Balaban J connectivity index is 1.24. The molecule has 40 heavy (non-hydrogen) atoms. The lowest BCUT2D eigenvalue weighted by Crippen LogP contribution is -2.43. The van der Waals surface area contributed by atoms with Gasteiger partial charge >= 0.3 is 0 Å². The van der Waals surface area contributed by atoms with E-state index in [2.05, 4.69) is 19.8 Å². The van der Waals surface area contributed by atoms with Crippen LogP contribution in [0.5, 0.6) is 5.75 Å². The molecule has 2 aliphatic heterocycles. The van der Waals surface area contributed by atoms with E-state index in [1.165, 1.54) is 0 Å². The summed E-state index contributed by atoms with van der Waals surface area (Å²) in [5.41, 5.74) is 2.18. The highest BCUT2D eigenvalue weighted by Gasteiger charge is 2.35. The van der Waals surface area contributed by atoms with Crippen LogP contribution in [0.4, 0.5) is 4.39 Å². The number of rotatable bonds is 12. The van der Waals surface area contributed by atoms with E-state index in [0.29, 0.717) is 43.9 Å². The number of halogens is 1. The number of benzene rings is 1. The third kappa shape index (κ3) is 7.31. The standard InChI is InChI=1S/C31H41FN4O3S/c1-38-25-5-6-28-26(20-25)30(24(21-34-28)22-36-14-17-39-18-15-36)27(32)7-8-31(23-37)9-12-35(13-10-31)16-19-40-29-4-2-3-11-33-29/h2-6,11,20-21,27,37H,7-10,12-19,22-23H2,1H3. The molecular weight excluding hydrogens is 527 g/mol. The van der Waals surface area contributed by atoms with E-state index < -0.39 is 6.17 Å². The number of ether oxygens (including phenoxy) is 2. The van der Waals surface area contributed by atoms with Gasteiger partial charge in [-0.2, -0.15) is 0 Å². The van der Waals surface area contributed by atoms with Gasteiger partial charge < -0.3 is 19.5 Å². The van der Waals surface area contributed by atoms with Gasteiger partial charge in [0.1, 0.15) is 11.9 Å². The lowest BCUT2D eigenvalue weighted by atomic mass is 9.74. The van der Waals surface area contributed by atoms with Crippen molar-refractivity contribution in [1.29, 1.82) is 0 Å². The van der Waals surface area contributed by atoms with E-state index in [0.717, 1.165) is 72.8 Å². The number of morpholine rings is 1. The molecule has 5 rings (SSSR count). The number of methoxy groups -OCH3 is 1. The summed E-state index contributed by atoms with van der Waals surface area (Å²) in [6, 6.07) is 11.7. The Morgan fingerprint density at radius 1 is 1.10 bits per heavy atom. The predicted molar refractivity (Wildman–Crippen MR) is 158 cm³/mol. The van der Waals surface area contributed by atoms with Crippen molar-refractivity contribution in [2.24, 2.45) is 5.41 Å². The second-order valence-corrected chi connectivity index (χ2v) is 12.1. The van der Waals surface area contributed by atoms with Crippen molar-refractivity contribution in [2.75, 3.05) is 65.4 Å². The Labute approximate surface area is 241 Å². The highest BCUT2D eigenvalue weighted by Crippen LogP contribution is 2.41. The van der Waals surface area contributed by atoms with Crippen LogP contribution in [0.2, 0.25) is 0 Å². The van der Waals surface area contributed by atoms with Crippen LogP contribution in [0.1, 0.15) is 43.0 Å². The first-order valence-electron chi connectivity index (χ1n) is 14.4. The van der Waals surface area contributed by atoms with Gasteiger partial charge in [-0.05, 0) is 80.1 Å². The molecule has 1 N–H and O–H groups in total. The largest absolute Gasteiger partial charge is 0.497 e. The van der Waals surface area contributed by atoms with Gasteiger partial charge in [0.2, 0.25) is 0 Å². The van der Waals surface area contributed by atoms with Gasteiger partial charge in [0.25, 0.3) is 0 Å². The number of alkyl halides is 1. The van der Waals surface area contributed by atoms with Crippen molar-refractivity contribution >= 4 is 22.7 Å². The summed E-state index contributed by atoms with van der Waals surface area (Å²) in [5.74, 6) is 1.69. The second kappa shape index (κ2) is 14.0. The highest BCUT2D eigenvalue weighted by molar-refractivity contribution is 7.99. The average molecular weight is 569 g/mol. The lowest BCUT2D eigenvalue weighted by molar-refractivity contribution is 0.0311. The summed E-state index contributed by atoms with van der Waals surface area (Å²) >= 11 is 1.77. The maximum absolute atomic E-state index is 16.4. The van der Waals surface area contributed by atoms with Gasteiger partial charge in [-0.15, -0.1) is 11.8 Å². The fourth-order valence-electron chi connectivity index (χ4n) is 5.88. The summed E-state index contributed by atoms with van der Waals surface area (Å²) in [6.07, 6.45) is 5.33. The Kier molecular flexibility index (Phi) is 10.3. The fraction of sp³-hybridized carbons (Fsp3) is 0.548. The summed E-state index contributed by atoms with van der Waals surface area (Å²) in [6.45, 7) is 6.65. The molecule has 1 atom stereocenters. The molecule has 2 aromatic heterocycles. The molecular formula is C31H41FN4O3S. The smallest absolute Gasteiger partial charge is 0.126 e. The minimum atomic E-state index is -1.15. The van der Waals surface area contributed by atoms with Crippen molar-refractivity contribution in [3.8, 4) is 5.75 Å². The number of aliphatic hydroxyl groups is 1. The van der Waals surface area contributed by atoms with Gasteiger partial charge in [-0.3, -0.25) is 9.88 Å². The van der Waals surface area contributed by atoms with Crippen molar-refractivity contribution < 1.29 is 19.0 Å². The maximum atomic E-state index is 16.4. The zero-order valence-electron chi connectivity index (χ0n) is 23.4. The number of thioether (sulfide) groups is 1. The molecule has 1 unspecified atom stereocenters. The van der Waals surface area contributed by atoms with E-state index in [1.54, 1.807) is 18.9 Å². The molecule has 216 valence electrons. The number of hydrogen-bond acceptors (Lipinski definition) is 8. The number of aliphatic hydroxyl groups excluding tert-OH is 1. The molecule has 2 fully saturated rings. The molecule has 0 aliphatic carbocycles. The summed E-state index contributed by atoms with van der Waals surface area (Å²) in [7, 11) is 1.63. The van der Waals surface area contributed by atoms with Gasteiger partial charge in [-0.1, -0.05) is 6.07 Å². The van der Waals surface area contributed by atoms with Crippen LogP contribution in [0.25, 0.3) is 10.9 Å². The van der Waals surface area contributed by atoms with Gasteiger partial charge in [0.15, 0.2) is 0 Å². The van der Waals surface area contributed by atoms with E-state index in [1.807, 2.05) is 48.8 Å². The Morgan fingerprint density at radius 3 is 2.65 bits per heavy atom.